The topological polar surface area (TPSA) is 119 Å². The molecule has 2 atom stereocenters. The number of carbonyl (C=O) groups is 1. The van der Waals surface area contributed by atoms with Crippen molar-refractivity contribution in [2.75, 3.05) is 13.7 Å². The Kier molecular flexibility index (Phi) is 5.42. The van der Waals surface area contributed by atoms with Gasteiger partial charge in [0.15, 0.2) is 6.10 Å². The minimum absolute atomic E-state index is 0.00458. The largest absolute Gasteiger partial charge is 0.496 e. The van der Waals surface area contributed by atoms with Crippen LogP contribution in [0.25, 0.3) is 0 Å². The van der Waals surface area contributed by atoms with Crippen LogP contribution in [0.3, 0.4) is 0 Å². The van der Waals surface area contributed by atoms with Crippen molar-refractivity contribution in [1.29, 1.82) is 0 Å². The molecule has 0 aromatic heterocycles. The van der Waals surface area contributed by atoms with Gasteiger partial charge in [-0.2, -0.15) is 0 Å². The number of aliphatic hydroxyl groups is 2. The first kappa shape index (κ1) is 15.9. The van der Waals surface area contributed by atoms with Gasteiger partial charge >= 0.3 is 5.97 Å². The lowest BCUT2D eigenvalue weighted by molar-refractivity contribution is -0.385. The minimum atomic E-state index is -1.80. The van der Waals surface area contributed by atoms with E-state index in [2.05, 4.69) is 4.74 Å². The molecule has 1 aromatic rings. The SMILES string of the molecule is CCOC(=O)C(O)C(O)c1ccc([N+](=O)[O-])cc1OC. The van der Waals surface area contributed by atoms with Crippen LogP contribution in [-0.2, 0) is 9.53 Å². The van der Waals surface area contributed by atoms with Crippen LogP contribution in [0.2, 0.25) is 0 Å². The van der Waals surface area contributed by atoms with Gasteiger partial charge in [-0.15, -0.1) is 0 Å². The predicted molar refractivity (Wildman–Crippen MR) is 67.2 cm³/mol. The number of nitrogens with zero attached hydrogens (tertiary/aromatic N) is 1. The summed E-state index contributed by atoms with van der Waals surface area (Å²) in [7, 11) is 1.26. The van der Waals surface area contributed by atoms with Crippen molar-refractivity contribution in [2.45, 2.75) is 19.1 Å². The van der Waals surface area contributed by atoms with Crippen molar-refractivity contribution < 1.29 is 29.4 Å². The molecule has 0 saturated carbocycles. The van der Waals surface area contributed by atoms with Gasteiger partial charge in [0, 0.05) is 11.6 Å². The molecule has 2 N–H and O–H groups in total. The Hall–Kier alpha value is -2.19. The van der Waals surface area contributed by atoms with Crippen LogP contribution in [0.4, 0.5) is 5.69 Å². The molecule has 1 aromatic carbocycles. The lowest BCUT2D eigenvalue weighted by atomic mass is 10.0. The number of rotatable bonds is 6. The van der Waals surface area contributed by atoms with E-state index in [0.29, 0.717) is 0 Å². The Morgan fingerprint density at radius 1 is 1.45 bits per heavy atom. The summed E-state index contributed by atoms with van der Waals surface area (Å²) in [5, 5.41) is 30.2. The van der Waals surface area contributed by atoms with Crippen molar-refractivity contribution in [3.05, 3.63) is 33.9 Å². The van der Waals surface area contributed by atoms with Gasteiger partial charge < -0.3 is 19.7 Å². The van der Waals surface area contributed by atoms with Crippen LogP contribution in [0.15, 0.2) is 18.2 Å². The quantitative estimate of drug-likeness (QED) is 0.445. The maximum atomic E-state index is 11.4. The summed E-state index contributed by atoms with van der Waals surface area (Å²) in [6.45, 7) is 1.61. The second-order valence-electron chi connectivity index (χ2n) is 3.83. The smallest absolute Gasteiger partial charge is 0.338 e. The molecule has 8 heteroatoms. The number of hydrogen-bond donors (Lipinski definition) is 2. The Labute approximate surface area is 114 Å². The molecule has 110 valence electrons. The molecule has 0 spiro atoms. The van der Waals surface area contributed by atoms with E-state index in [1.165, 1.54) is 13.2 Å². The third-order valence-corrected chi connectivity index (χ3v) is 2.57. The first-order valence-electron chi connectivity index (χ1n) is 5.77. The highest BCUT2D eigenvalue weighted by Gasteiger charge is 2.29. The fourth-order valence-corrected chi connectivity index (χ4v) is 1.58. The standard InChI is InChI=1S/C12H15NO7/c1-3-20-12(16)11(15)10(14)8-5-4-7(13(17)18)6-9(8)19-2/h4-6,10-11,14-15H,3H2,1-2H3. The van der Waals surface area contributed by atoms with Gasteiger partial charge in [-0.25, -0.2) is 4.79 Å². The van der Waals surface area contributed by atoms with E-state index in [1.807, 2.05) is 0 Å². The zero-order chi connectivity index (χ0) is 15.3. The highest BCUT2D eigenvalue weighted by Crippen LogP contribution is 2.31. The second kappa shape index (κ2) is 6.83. The van der Waals surface area contributed by atoms with Crippen LogP contribution in [-0.4, -0.2) is 40.9 Å². The summed E-state index contributed by atoms with van der Waals surface area (Å²) in [6.07, 6.45) is -3.41. The first-order chi connectivity index (χ1) is 9.42. The van der Waals surface area contributed by atoms with Crippen LogP contribution >= 0.6 is 0 Å². The monoisotopic (exact) mass is 285 g/mol. The molecule has 0 radical (unpaired) electrons. The Morgan fingerprint density at radius 3 is 2.60 bits per heavy atom. The number of esters is 1. The number of benzene rings is 1. The van der Waals surface area contributed by atoms with E-state index in [4.69, 9.17) is 4.74 Å². The number of ether oxygens (including phenoxy) is 2. The summed E-state index contributed by atoms with van der Waals surface area (Å²) >= 11 is 0. The van der Waals surface area contributed by atoms with Gasteiger partial charge in [-0.1, -0.05) is 0 Å². The van der Waals surface area contributed by atoms with Crippen molar-refractivity contribution >= 4 is 11.7 Å². The second-order valence-corrected chi connectivity index (χ2v) is 3.83. The molecule has 0 aliphatic heterocycles. The van der Waals surface area contributed by atoms with Gasteiger partial charge in [0.1, 0.15) is 11.9 Å². The summed E-state index contributed by atoms with van der Waals surface area (Å²) < 4.78 is 9.50. The predicted octanol–water partition coefficient (Wildman–Crippen LogP) is 0.561. The van der Waals surface area contributed by atoms with Gasteiger partial charge in [0.2, 0.25) is 0 Å². The summed E-state index contributed by atoms with van der Waals surface area (Å²) in [6, 6.07) is 3.44. The average molecular weight is 285 g/mol. The van der Waals surface area contributed by atoms with Crippen LogP contribution in [0.1, 0.15) is 18.6 Å². The molecule has 1 rings (SSSR count). The molecule has 8 nitrogen and oxygen atoms in total. The van der Waals surface area contributed by atoms with E-state index < -0.39 is 23.1 Å². The highest BCUT2D eigenvalue weighted by atomic mass is 16.6. The molecule has 0 bridgehead atoms. The van der Waals surface area contributed by atoms with Gasteiger partial charge in [-0.05, 0) is 13.0 Å². The Bertz CT molecular complexity index is 503. The molecule has 0 saturated heterocycles. The molecule has 0 amide bonds. The van der Waals surface area contributed by atoms with E-state index in [1.54, 1.807) is 6.92 Å². The van der Waals surface area contributed by atoms with Crippen LogP contribution in [0, 0.1) is 10.1 Å². The molecule has 0 aliphatic rings. The Balaban J connectivity index is 3.06. The normalized spacial score (nSPS) is 13.4. The zero-order valence-electron chi connectivity index (χ0n) is 11.0. The number of hydrogen-bond acceptors (Lipinski definition) is 7. The van der Waals surface area contributed by atoms with Gasteiger partial charge in [-0.3, -0.25) is 10.1 Å². The van der Waals surface area contributed by atoms with Crippen molar-refractivity contribution in [3.8, 4) is 5.75 Å². The van der Waals surface area contributed by atoms with Crippen molar-refractivity contribution in [2.24, 2.45) is 0 Å². The van der Waals surface area contributed by atoms with E-state index in [-0.39, 0.29) is 23.6 Å². The van der Waals surface area contributed by atoms with Crippen molar-refractivity contribution in [3.63, 3.8) is 0 Å². The maximum absolute atomic E-state index is 11.4. The van der Waals surface area contributed by atoms with E-state index in [0.717, 1.165) is 12.1 Å². The minimum Gasteiger partial charge on any atom is -0.496 e. The molecule has 0 heterocycles. The maximum Gasteiger partial charge on any atom is 0.338 e. The van der Waals surface area contributed by atoms with Crippen molar-refractivity contribution in [1.82, 2.24) is 0 Å². The number of aliphatic hydroxyl groups excluding tert-OH is 2. The molecule has 2 unspecified atom stereocenters. The number of non-ortho nitro benzene ring substituents is 1. The van der Waals surface area contributed by atoms with Crippen LogP contribution < -0.4 is 4.74 Å². The molecule has 0 fully saturated rings. The zero-order valence-corrected chi connectivity index (χ0v) is 11.0. The lowest BCUT2D eigenvalue weighted by Crippen LogP contribution is -2.30. The number of carbonyl (C=O) groups excluding carboxylic acids is 1. The number of nitro benzene ring substituents is 1. The van der Waals surface area contributed by atoms with Gasteiger partial charge in [0.05, 0.1) is 24.7 Å². The molecular formula is C12H15NO7. The molecule has 20 heavy (non-hydrogen) atoms. The number of nitro groups is 1. The highest BCUT2D eigenvalue weighted by molar-refractivity contribution is 5.75. The average Bonchev–Trinajstić information content (AvgIpc) is 2.45. The summed E-state index contributed by atoms with van der Waals surface area (Å²) in [4.78, 5) is 21.4. The molecule has 0 aliphatic carbocycles. The van der Waals surface area contributed by atoms with Crippen LogP contribution in [0.5, 0.6) is 5.75 Å². The molecular weight excluding hydrogens is 270 g/mol. The fourth-order valence-electron chi connectivity index (χ4n) is 1.58. The number of methoxy groups -OCH3 is 1. The van der Waals surface area contributed by atoms with E-state index in [9.17, 15) is 25.1 Å². The fraction of sp³-hybridized carbons (Fsp3) is 0.417. The Morgan fingerprint density at radius 2 is 2.10 bits per heavy atom. The van der Waals surface area contributed by atoms with Gasteiger partial charge in [0.25, 0.3) is 5.69 Å². The third kappa shape index (κ3) is 3.43. The van der Waals surface area contributed by atoms with E-state index >= 15 is 0 Å². The first-order valence-corrected chi connectivity index (χ1v) is 5.77. The third-order valence-electron chi connectivity index (χ3n) is 2.57. The summed E-state index contributed by atoms with van der Waals surface area (Å²) in [5.74, 6) is -0.990. The lowest BCUT2D eigenvalue weighted by Gasteiger charge is -2.18. The summed E-state index contributed by atoms with van der Waals surface area (Å²) in [5.41, 5.74) is -0.179.